The zero-order chi connectivity index (χ0) is 40.5. The van der Waals surface area contributed by atoms with Gasteiger partial charge in [-0.3, -0.25) is 0 Å². The van der Waals surface area contributed by atoms with Crippen molar-refractivity contribution >= 4 is 21.8 Å². The first kappa shape index (κ1) is 35.8. The molecule has 0 saturated carbocycles. The summed E-state index contributed by atoms with van der Waals surface area (Å²) in [6.07, 6.45) is 0. The third-order valence-electron chi connectivity index (χ3n) is 11.1. The molecule has 0 aliphatic rings. The van der Waals surface area contributed by atoms with Gasteiger partial charge in [-0.15, -0.1) is 0 Å². The molecule has 0 saturated heterocycles. The minimum atomic E-state index is 0.593. The zero-order valence-corrected chi connectivity index (χ0v) is 33.0. The van der Waals surface area contributed by atoms with Crippen molar-refractivity contribution in [2.24, 2.45) is 0 Å². The van der Waals surface area contributed by atoms with Gasteiger partial charge < -0.3 is 4.57 Å². The summed E-state index contributed by atoms with van der Waals surface area (Å²) >= 11 is 0. The third kappa shape index (κ3) is 6.72. The second-order valence-electron chi connectivity index (χ2n) is 14.9. The number of para-hydroxylation sites is 2. The van der Waals surface area contributed by atoms with Crippen LogP contribution in [0.5, 0.6) is 0 Å². The number of aromatic nitrogens is 6. The molecule has 3 aromatic heterocycles. The summed E-state index contributed by atoms with van der Waals surface area (Å²) in [5.74, 6) is 1.83. The van der Waals surface area contributed by atoms with Crippen molar-refractivity contribution < 1.29 is 0 Å². The molecule has 6 heteroatoms. The van der Waals surface area contributed by atoms with E-state index < -0.39 is 0 Å². The Balaban J connectivity index is 1.07. The van der Waals surface area contributed by atoms with E-state index in [1.165, 1.54) is 21.8 Å². The Kier molecular flexibility index (Phi) is 9.06. The predicted molar refractivity (Wildman–Crippen MR) is 248 cm³/mol. The quantitative estimate of drug-likeness (QED) is 0.154. The van der Waals surface area contributed by atoms with Crippen LogP contribution in [0.15, 0.2) is 218 Å². The fourth-order valence-electron chi connectivity index (χ4n) is 8.12. The first-order valence-corrected chi connectivity index (χ1v) is 20.3. The summed E-state index contributed by atoms with van der Waals surface area (Å²) in [5, 5.41) is 2.46. The Labute approximate surface area is 353 Å². The second-order valence-corrected chi connectivity index (χ2v) is 14.9. The normalized spacial score (nSPS) is 11.3. The van der Waals surface area contributed by atoms with Gasteiger partial charge in [0.1, 0.15) is 0 Å². The first-order valence-electron chi connectivity index (χ1n) is 20.3. The Morgan fingerprint density at radius 2 is 0.508 bits per heavy atom. The van der Waals surface area contributed by atoms with Gasteiger partial charge >= 0.3 is 0 Å². The van der Waals surface area contributed by atoms with E-state index in [-0.39, 0.29) is 0 Å². The maximum Gasteiger partial charge on any atom is 0.164 e. The molecular formula is C55H36N6. The molecule has 0 bridgehead atoms. The van der Waals surface area contributed by atoms with Crippen LogP contribution >= 0.6 is 0 Å². The lowest BCUT2D eigenvalue weighted by molar-refractivity contribution is 1.07. The molecule has 0 radical (unpaired) electrons. The monoisotopic (exact) mass is 780 g/mol. The highest BCUT2D eigenvalue weighted by atomic mass is 15.0. The highest BCUT2D eigenvalue weighted by Gasteiger charge is 2.21. The van der Waals surface area contributed by atoms with Gasteiger partial charge in [-0.2, -0.15) is 0 Å². The Bertz CT molecular complexity index is 3200. The van der Waals surface area contributed by atoms with Crippen LogP contribution in [0.2, 0.25) is 0 Å². The lowest BCUT2D eigenvalue weighted by Gasteiger charge is -2.17. The van der Waals surface area contributed by atoms with E-state index in [1.807, 2.05) is 97.1 Å². The van der Waals surface area contributed by atoms with Gasteiger partial charge in [0.2, 0.25) is 0 Å². The standard InChI is InChI=1S/C55H36N6/c1-5-17-37(18-6-1)49-50(38-19-7-2-8-20-38)57-52(40-33-35-44(36-34-40)61-47-27-15-13-25-45(47)46-26-14-16-28-48(46)61)51(56-49)39-29-31-43(32-30-39)55-59-53(41-21-9-3-10-22-41)58-54(60-55)42-23-11-4-12-24-42/h1-36H. The number of hydrogen-bond donors (Lipinski definition) is 0. The number of rotatable bonds is 8. The summed E-state index contributed by atoms with van der Waals surface area (Å²) in [6, 6.07) is 74.9. The van der Waals surface area contributed by atoms with Crippen LogP contribution in [-0.4, -0.2) is 29.5 Å². The van der Waals surface area contributed by atoms with E-state index in [0.717, 1.165) is 67.4 Å². The summed E-state index contributed by atoms with van der Waals surface area (Å²) in [5.41, 5.74) is 13.2. The largest absolute Gasteiger partial charge is 0.309 e. The number of nitrogens with zero attached hydrogens (tertiary/aromatic N) is 6. The zero-order valence-electron chi connectivity index (χ0n) is 33.0. The predicted octanol–water partition coefficient (Wildman–Crippen LogP) is 13.4. The van der Waals surface area contributed by atoms with Gasteiger partial charge in [-0.1, -0.05) is 194 Å². The Hall–Kier alpha value is -8.35. The lowest BCUT2D eigenvalue weighted by atomic mass is 9.98. The Morgan fingerprint density at radius 1 is 0.230 bits per heavy atom. The number of hydrogen-bond acceptors (Lipinski definition) is 5. The molecule has 0 unspecified atom stereocenters. The van der Waals surface area contributed by atoms with E-state index >= 15 is 0 Å². The van der Waals surface area contributed by atoms with Crippen LogP contribution in [0.1, 0.15) is 0 Å². The van der Waals surface area contributed by atoms with E-state index in [0.29, 0.717) is 17.5 Å². The van der Waals surface area contributed by atoms with Crippen molar-refractivity contribution in [1.82, 2.24) is 29.5 Å². The molecule has 6 nitrogen and oxygen atoms in total. The third-order valence-corrected chi connectivity index (χ3v) is 11.1. The summed E-state index contributed by atoms with van der Waals surface area (Å²) < 4.78 is 2.33. The topological polar surface area (TPSA) is 69.4 Å². The van der Waals surface area contributed by atoms with Crippen molar-refractivity contribution in [1.29, 1.82) is 0 Å². The van der Waals surface area contributed by atoms with Crippen LogP contribution in [0, 0.1) is 0 Å². The highest BCUT2D eigenvalue weighted by Crippen LogP contribution is 2.39. The molecule has 0 N–H and O–H groups in total. The van der Waals surface area contributed by atoms with Gasteiger partial charge in [0, 0.05) is 55.4 Å². The molecule has 0 atom stereocenters. The van der Waals surface area contributed by atoms with Gasteiger partial charge in [-0.05, 0) is 24.3 Å². The molecular weight excluding hydrogens is 745 g/mol. The van der Waals surface area contributed by atoms with Gasteiger partial charge in [0.25, 0.3) is 0 Å². The van der Waals surface area contributed by atoms with E-state index in [1.54, 1.807) is 0 Å². The van der Waals surface area contributed by atoms with E-state index in [4.69, 9.17) is 24.9 Å². The molecule has 11 rings (SSSR count). The molecule has 11 aromatic rings. The van der Waals surface area contributed by atoms with Crippen LogP contribution in [-0.2, 0) is 0 Å². The minimum absolute atomic E-state index is 0.593. The lowest BCUT2D eigenvalue weighted by Crippen LogP contribution is -2.02. The maximum absolute atomic E-state index is 5.53. The maximum atomic E-state index is 5.53. The van der Waals surface area contributed by atoms with Crippen molar-refractivity contribution in [2.45, 2.75) is 0 Å². The van der Waals surface area contributed by atoms with Gasteiger partial charge in [0.15, 0.2) is 17.5 Å². The fraction of sp³-hybridized carbons (Fsp3) is 0. The van der Waals surface area contributed by atoms with E-state index in [2.05, 4.69) is 126 Å². The van der Waals surface area contributed by atoms with Crippen molar-refractivity contribution in [3.8, 4) is 84.9 Å². The smallest absolute Gasteiger partial charge is 0.164 e. The van der Waals surface area contributed by atoms with E-state index in [9.17, 15) is 0 Å². The van der Waals surface area contributed by atoms with Crippen molar-refractivity contribution in [3.63, 3.8) is 0 Å². The molecule has 8 aromatic carbocycles. The van der Waals surface area contributed by atoms with Gasteiger partial charge in [-0.25, -0.2) is 24.9 Å². The highest BCUT2D eigenvalue weighted by molar-refractivity contribution is 6.09. The summed E-state index contributed by atoms with van der Waals surface area (Å²) in [6.45, 7) is 0. The molecule has 3 heterocycles. The SMILES string of the molecule is c1ccc(-c2nc(-c3ccccc3)nc(-c3ccc(-c4nc(-c5ccccc5)c(-c5ccccc5)nc4-c4ccc(-n5c6ccccc6c6ccccc65)cc4)cc3)n2)cc1. The van der Waals surface area contributed by atoms with Crippen LogP contribution in [0.3, 0.4) is 0 Å². The molecule has 0 spiro atoms. The molecule has 0 aliphatic heterocycles. The molecule has 0 aliphatic carbocycles. The number of fused-ring (bicyclic) bond motifs is 3. The average molecular weight is 781 g/mol. The first-order chi connectivity index (χ1) is 30.2. The molecule has 286 valence electrons. The van der Waals surface area contributed by atoms with Crippen molar-refractivity contribution in [3.05, 3.63) is 218 Å². The molecule has 61 heavy (non-hydrogen) atoms. The van der Waals surface area contributed by atoms with Crippen LogP contribution in [0.25, 0.3) is 107 Å². The fourth-order valence-corrected chi connectivity index (χ4v) is 8.12. The second kappa shape index (κ2) is 15.4. The van der Waals surface area contributed by atoms with Crippen LogP contribution in [0.4, 0.5) is 0 Å². The molecule has 0 amide bonds. The Morgan fingerprint density at radius 3 is 0.902 bits per heavy atom. The summed E-state index contributed by atoms with van der Waals surface area (Å²) in [4.78, 5) is 25.9. The molecule has 0 fully saturated rings. The summed E-state index contributed by atoms with van der Waals surface area (Å²) in [7, 11) is 0. The van der Waals surface area contributed by atoms with Crippen molar-refractivity contribution in [2.75, 3.05) is 0 Å². The van der Waals surface area contributed by atoms with Crippen LogP contribution < -0.4 is 0 Å². The minimum Gasteiger partial charge on any atom is -0.309 e. The van der Waals surface area contributed by atoms with Gasteiger partial charge in [0.05, 0.1) is 33.8 Å². The average Bonchev–Trinajstić information content (AvgIpc) is 3.69. The number of benzene rings is 8.